The summed E-state index contributed by atoms with van der Waals surface area (Å²) in [6.07, 6.45) is 1.91. The van der Waals surface area contributed by atoms with Gasteiger partial charge in [-0.05, 0) is 29.5 Å². The number of methoxy groups -OCH3 is 1. The van der Waals surface area contributed by atoms with Crippen molar-refractivity contribution in [3.8, 4) is 0 Å². The minimum atomic E-state index is 0.416. The van der Waals surface area contributed by atoms with Crippen molar-refractivity contribution in [2.75, 3.05) is 13.7 Å². The Morgan fingerprint density at radius 3 is 2.92 bits per heavy atom. The van der Waals surface area contributed by atoms with Gasteiger partial charge in [0.25, 0.3) is 0 Å². The summed E-state index contributed by atoms with van der Waals surface area (Å²) in [7, 11) is 1.73. The highest BCUT2D eigenvalue weighted by molar-refractivity contribution is 14.1. The first kappa shape index (κ1) is 11.0. The molecule has 0 saturated heterocycles. The monoisotopic (exact) mass is 294 g/mol. The van der Waals surface area contributed by atoms with E-state index in [0.717, 1.165) is 13.2 Å². The first-order valence-corrected chi connectivity index (χ1v) is 5.48. The predicted molar refractivity (Wildman–Crippen MR) is 60.9 cm³/mol. The van der Waals surface area contributed by atoms with Crippen LogP contribution in [0.4, 0.5) is 0 Å². The number of rotatable bonds is 4. The lowest BCUT2D eigenvalue weighted by molar-refractivity contribution is 0.181. The number of aryl methyl sites for hydroxylation is 1. The normalized spacial score (nSPS) is 13.2. The van der Waals surface area contributed by atoms with Crippen LogP contribution >= 0.6 is 22.6 Å². The molecular formula is C9H15IN2O. The molecule has 0 spiro atoms. The van der Waals surface area contributed by atoms with Gasteiger partial charge in [0.05, 0.1) is 22.1 Å². The van der Waals surface area contributed by atoms with Crippen molar-refractivity contribution in [1.82, 2.24) is 9.78 Å². The van der Waals surface area contributed by atoms with Gasteiger partial charge in [-0.25, -0.2) is 0 Å². The molecule has 1 unspecified atom stereocenters. The van der Waals surface area contributed by atoms with E-state index in [9.17, 15) is 0 Å². The largest absolute Gasteiger partial charge is 0.384 e. The molecule has 0 aliphatic rings. The summed E-state index contributed by atoms with van der Waals surface area (Å²) >= 11 is 2.32. The Kier molecular flexibility index (Phi) is 4.18. The molecule has 1 rings (SSSR count). The van der Waals surface area contributed by atoms with Crippen molar-refractivity contribution in [2.45, 2.75) is 26.3 Å². The van der Waals surface area contributed by atoms with Gasteiger partial charge < -0.3 is 4.74 Å². The lowest BCUT2D eigenvalue weighted by Gasteiger charge is -2.12. The van der Waals surface area contributed by atoms with Crippen molar-refractivity contribution < 1.29 is 4.74 Å². The zero-order valence-corrected chi connectivity index (χ0v) is 10.4. The molecule has 3 nitrogen and oxygen atoms in total. The Balaban J connectivity index is 2.89. The number of nitrogens with zero attached hydrogens (tertiary/aromatic N) is 2. The Hall–Kier alpha value is -0.100. The minimum Gasteiger partial charge on any atom is -0.384 e. The summed E-state index contributed by atoms with van der Waals surface area (Å²) in [5.41, 5.74) is 1.28. The van der Waals surface area contributed by atoms with Crippen LogP contribution in [0.25, 0.3) is 0 Å². The Bertz CT molecular complexity index is 273. The second-order valence-electron chi connectivity index (χ2n) is 3.05. The van der Waals surface area contributed by atoms with Gasteiger partial charge in [-0.1, -0.05) is 6.92 Å². The molecule has 0 radical (unpaired) electrons. The summed E-state index contributed by atoms with van der Waals surface area (Å²) in [6, 6.07) is 0. The zero-order chi connectivity index (χ0) is 9.84. The van der Waals surface area contributed by atoms with Crippen LogP contribution in [0.15, 0.2) is 6.20 Å². The van der Waals surface area contributed by atoms with E-state index < -0.39 is 0 Å². The van der Waals surface area contributed by atoms with E-state index in [2.05, 4.69) is 41.5 Å². The Morgan fingerprint density at radius 1 is 1.69 bits per heavy atom. The summed E-state index contributed by atoms with van der Waals surface area (Å²) < 4.78 is 8.40. The van der Waals surface area contributed by atoms with Gasteiger partial charge in [-0.15, -0.1) is 0 Å². The third-order valence-electron chi connectivity index (χ3n) is 2.02. The summed E-state index contributed by atoms with van der Waals surface area (Å²) in [6.45, 7) is 5.94. The van der Waals surface area contributed by atoms with Crippen LogP contribution < -0.4 is 0 Å². The van der Waals surface area contributed by atoms with Crippen LogP contribution in [0.5, 0.6) is 0 Å². The van der Waals surface area contributed by atoms with Gasteiger partial charge in [0.2, 0.25) is 0 Å². The first-order chi connectivity index (χ1) is 6.20. The second kappa shape index (κ2) is 4.95. The third kappa shape index (κ3) is 2.43. The predicted octanol–water partition coefficient (Wildman–Crippen LogP) is 2.26. The van der Waals surface area contributed by atoms with Crippen LogP contribution in [0, 0.1) is 3.57 Å². The SMILES string of the molecule is CCn1ncc(I)c1C(C)COC. The Morgan fingerprint density at radius 2 is 2.38 bits per heavy atom. The van der Waals surface area contributed by atoms with Gasteiger partial charge in [-0.3, -0.25) is 4.68 Å². The average molecular weight is 294 g/mol. The Labute approximate surface area is 92.6 Å². The highest BCUT2D eigenvalue weighted by atomic mass is 127. The molecule has 1 atom stereocenters. The van der Waals surface area contributed by atoms with Gasteiger partial charge in [0.1, 0.15) is 0 Å². The van der Waals surface area contributed by atoms with Crippen LogP contribution in [-0.4, -0.2) is 23.5 Å². The van der Waals surface area contributed by atoms with Crippen molar-refractivity contribution in [2.24, 2.45) is 0 Å². The first-order valence-electron chi connectivity index (χ1n) is 4.40. The number of hydrogen-bond acceptors (Lipinski definition) is 2. The maximum Gasteiger partial charge on any atom is 0.0626 e. The van der Waals surface area contributed by atoms with E-state index in [1.807, 2.05) is 10.9 Å². The summed E-state index contributed by atoms with van der Waals surface area (Å²) in [5, 5.41) is 4.29. The molecule has 1 heterocycles. The molecule has 74 valence electrons. The molecule has 0 saturated carbocycles. The zero-order valence-electron chi connectivity index (χ0n) is 8.25. The van der Waals surface area contributed by atoms with E-state index in [0.29, 0.717) is 5.92 Å². The fourth-order valence-electron chi connectivity index (χ4n) is 1.44. The van der Waals surface area contributed by atoms with Crippen molar-refractivity contribution in [3.63, 3.8) is 0 Å². The van der Waals surface area contributed by atoms with Crippen molar-refractivity contribution >= 4 is 22.6 Å². The molecule has 0 aromatic carbocycles. The van der Waals surface area contributed by atoms with Crippen LogP contribution in [0.2, 0.25) is 0 Å². The van der Waals surface area contributed by atoms with Gasteiger partial charge in [0.15, 0.2) is 0 Å². The lowest BCUT2D eigenvalue weighted by Crippen LogP contribution is -2.11. The fourth-order valence-corrected chi connectivity index (χ4v) is 2.38. The van der Waals surface area contributed by atoms with E-state index in [1.165, 1.54) is 9.26 Å². The maximum absolute atomic E-state index is 5.14. The number of aromatic nitrogens is 2. The average Bonchev–Trinajstić information content (AvgIpc) is 2.47. The van der Waals surface area contributed by atoms with Gasteiger partial charge in [-0.2, -0.15) is 5.10 Å². The van der Waals surface area contributed by atoms with Crippen molar-refractivity contribution in [1.29, 1.82) is 0 Å². The summed E-state index contributed by atoms with van der Waals surface area (Å²) in [5.74, 6) is 0.416. The van der Waals surface area contributed by atoms with E-state index >= 15 is 0 Å². The topological polar surface area (TPSA) is 27.1 Å². The van der Waals surface area contributed by atoms with Crippen LogP contribution in [0.3, 0.4) is 0 Å². The number of ether oxygens (including phenoxy) is 1. The van der Waals surface area contributed by atoms with Crippen LogP contribution in [-0.2, 0) is 11.3 Å². The number of hydrogen-bond donors (Lipinski definition) is 0. The maximum atomic E-state index is 5.14. The third-order valence-corrected chi connectivity index (χ3v) is 2.85. The van der Waals surface area contributed by atoms with E-state index in [1.54, 1.807) is 7.11 Å². The molecule has 1 aromatic rings. The van der Waals surface area contributed by atoms with Gasteiger partial charge >= 0.3 is 0 Å². The fraction of sp³-hybridized carbons (Fsp3) is 0.667. The molecule has 0 amide bonds. The standard InChI is InChI=1S/C9H15IN2O/c1-4-12-9(7(2)6-13-3)8(10)5-11-12/h5,7H,4,6H2,1-3H3. The molecule has 13 heavy (non-hydrogen) atoms. The smallest absolute Gasteiger partial charge is 0.0626 e. The molecule has 1 aromatic heterocycles. The summed E-state index contributed by atoms with van der Waals surface area (Å²) in [4.78, 5) is 0. The molecule has 0 fully saturated rings. The second-order valence-corrected chi connectivity index (χ2v) is 4.21. The molecule has 4 heteroatoms. The van der Waals surface area contributed by atoms with E-state index in [-0.39, 0.29) is 0 Å². The number of halogens is 1. The highest BCUT2D eigenvalue weighted by Gasteiger charge is 2.14. The molecular weight excluding hydrogens is 279 g/mol. The molecule has 0 bridgehead atoms. The molecule has 0 aliphatic heterocycles. The lowest BCUT2D eigenvalue weighted by atomic mass is 10.1. The minimum absolute atomic E-state index is 0.416. The highest BCUT2D eigenvalue weighted by Crippen LogP contribution is 2.21. The van der Waals surface area contributed by atoms with E-state index in [4.69, 9.17) is 4.74 Å². The van der Waals surface area contributed by atoms with Crippen LogP contribution in [0.1, 0.15) is 25.5 Å². The molecule has 0 N–H and O–H groups in total. The van der Waals surface area contributed by atoms with Crippen molar-refractivity contribution in [3.05, 3.63) is 15.5 Å². The quantitative estimate of drug-likeness (QED) is 0.796. The molecule has 0 aliphatic carbocycles. The van der Waals surface area contributed by atoms with Gasteiger partial charge in [0, 0.05) is 19.6 Å².